The van der Waals surface area contributed by atoms with Gasteiger partial charge in [-0.25, -0.2) is 14.8 Å². The van der Waals surface area contributed by atoms with Crippen molar-refractivity contribution in [3.8, 4) is 33.6 Å². The molecule has 12 nitrogen and oxygen atoms in total. The van der Waals surface area contributed by atoms with Crippen LogP contribution in [0.2, 0.25) is 5.02 Å². The largest absolute Gasteiger partial charge is 0.465 e. The lowest BCUT2D eigenvalue weighted by Crippen LogP contribution is -2.42. The molecule has 0 spiro atoms. The van der Waals surface area contributed by atoms with E-state index in [2.05, 4.69) is 56.7 Å². The molecule has 4 aromatic carbocycles. The monoisotopic (exact) mass is 796 g/mol. The van der Waals surface area contributed by atoms with Crippen LogP contribution in [0, 0.1) is 0 Å². The summed E-state index contributed by atoms with van der Waals surface area (Å²) in [5, 5.41) is 12.2. The fourth-order valence-electron chi connectivity index (χ4n) is 8.34. The van der Waals surface area contributed by atoms with Gasteiger partial charge < -0.3 is 30.2 Å². The first-order chi connectivity index (χ1) is 28.2. The van der Waals surface area contributed by atoms with Crippen LogP contribution in [0.1, 0.15) is 72.6 Å². The standard InChI is InChI=1S/C45H45ClN8O4/c1-52(2)40(32-10-4-3-5-11-32)44(56)54-25-9-15-38(54)42-48-27-36(50-42)31-22-18-29(19-23-31)28-16-20-30(21-17-28)35-26-47-41(49-35)37-14-8-24-53(37)43(55)39(51-45(57)58)33-12-6-7-13-34(33)46/h3-7,10-13,16-23,26-27,37-40,51H,8-9,14-15,24-25H2,1-2H3,(H,47,49)(H,48,50)(H,57,58)/t37-,38-,39?,40+/m0/s1. The van der Waals surface area contributed by atoms with Crippen LogP contribution >= 0.6 is 11.6 Å². The quantitative estimate of drug-likeness (QED) is 0.103. The molecule has 0 aliphatic carbocycles. The van der Waals surface area contributed by atoms with Crippen molar-refractivity contribution in [2.24, 2.45) is 0 Å². The Bertz CT molecular complexity index is 2400. The summed E-state index contributed by atoms with van der Waals surface area (Å²) in [4.78, 5) is 61.4. The maximum atomic E-state index is 13.9. The minimum atomic E-state index is -1.31. The summed E-state index contributed by atoms with van der Waals surface area (Å²) in [6.07, 6.45) is 5.56. The van der Waals surface area contributed by atoms with Crippen molar-refractivity contribution in [2.75, 3.05) is 27.2 Å². The molecule has 8 rings (SSSR count). The number of likely N-dealkylation sites (tertiary alicyclic amines) is 2. The van der Waals surface area contributed by atoms with Gasteiger partial charge in [-0.2, -0.15) is 0 Å². The molecule has 4 N–H and O–H groups in total. The average molecular weight is 797 g/mol. The molecule has 3 amide bonds. The van der Waals surface area contributed by atoms with E-state index in [4.69, 9.17) is 16.6 Å². The summed E-state index contributed by atoms with van der Waals surface area (Å²) in [5.41, 5.74) is 7.17. The SMILES string of the molecule is CN(C)[C@@H](C(=O)N1CCC[C@H]1c1ncc(-c2ccc(-c3ccc(-c4cnc([C@@H]5CCCN5C(=O)C(NC(=O)O)c5ccccc5Cl)[nH]4)cc3)cc2)[nH]1)c1ccccc1. The molecule has 2 aliphatic heterocycles. The summed E-state index contributed by atoms with van der Waals surface area (Å²) >= 11 is 6.38. The van der Waals surface area contributed by atoms with Crippen LogP contribution in [0.4, 0.5) is 4.79 Å². The Morgan fingerprint density at radius 1 is 0.707 bits per heavy atom. The topological polar surface area (TPSA) is 151 Å². The van der Waals surface area contributed by atoms with Gasteiger partial charge in [-0.3, -0.25) is 14.5 Å². The molecule has 296 valence electrons. The van der Waals surface area contributed by atoms with Gasteiger partial charge >= 0.3 is 6.09 Å². The lowest BCUT2D eigenvalue weighted by Gasteiger charge is -2.31. The molecule has 0 radical (unpaired) electrons. The van der Waals surface area contributed by atoms with Gasteiger partial charge in [0.25, 0.3) is 5.91 Å². The number of imidazole rings is 2. The van der Waals surface area contributed by atoms with Gasteiger partial charge in [-0.05, 0) is 73.7 Å². The molecule has 4 atom stereocenters. The lowest BCUT2D eigenvalue weighted by atomic mass is 10.0. The van der Waals surface area contributed by atoms with Crippen LogP contribution in [0.25, 0.3) is 33.6 Å². The molecule has 2 fully saturated rings. The number of aromatic amines is 2. The zero-order valence-corrected chi connectivity index (χ0v) is 33.1. The minimum Gasteiger partial charge on any atom is -0.465 e. The van der Waals surface area contributed by atoms with E-state index in [0.717, 1.165) is 64.3 Å². The number of carboxylic acid groups (broad SMARTS) is 1. The maximum Gasteiger partial charge on any atom is 0.405 e. The van der Waals surface area contributed by atoms with Crippen molar-refractivity contribution >= 4 is 29.5 Å². The second-order valence-corrected chi connectivity index (χ2v) is 15.5. The van der Waals surface area contributed by atoms with Crippen molar-refractivity contribution in [1.29, 1.82) is 0 Å². The Morgan fingerprint density at radius 3 is 1.69 bits per heavy atom. The highest BCUT2D eigenvalue weighted by atomic mass is 35.5. The second-order valence-electron chi connectivity index (χ2n) is 15.1. The molecule has 4 heterocycles. The molecule has 13 heteroatoms. The number of nitrogens with zero attached hydrogens (tertiary/aromatic N) is 5. The number of rotatable bonds is 11. The molecule has 2 aliphatic rings. The Hall–Kier alpha value is -6.24. The highest BCUT2D eigenvalue weighted by molar-refractivity contribution is 6.31. The summed E-state index contributed by atoms with van der Waals surface area (Å²) in [7, 11) is 3.89. The predicted molar refractivity (Wildman–Crippen MR) is 223 cm³/mol. The van der Waals surface area contributed by atoms with Gasteiger partial charge in [0.2, 0.25) is 5.91 Å². The van der Waals surface area contributed by atoms with Crippen LogP contribution in [0.5, 0.6) is 0 Å². The number of aromatic nitrogens is 4. The number of carbonyl (C=O) groups is 3. The van der Waals surface area contributed by atoms with Crippen LogP contribution in [-0.2, 0) is 9.59 Å². The molecule has 0 bridgehead atoms. The van der Waals surface area contributed by atoms with Gasteiger partial charge in [-0.15, -0.1) is 0 Å². The van der Waals surface area contributed by atoms with E-state index in [1.165, 1.54) is 0 Å². The van der Waals surface area contributed by atoms with Crippen molar-refractivity contribution < 1.29 is 19.5 Å². The van der Waals surface area contributed by atoms with Gasteiger partial charge in [0.05, 0.1) is 35.9 Å². The first-order valence-electron chi connectivity index (χ1n) is 19.5. The zero-order chi connectivity index (χ0) is 40.3. The predicted octanol–water partition coefficient (Wildman–Crippen LogP) is 8.43. The third-order valence-electron chi connectivity index (χ3n) is 11.2. The highest BCUT2D eigenvalue weighted by Gasteiger charge is 2.39. The summed E-state index contributed by atoms with van der Waals surface area (Å²) in [6.45, 7) is 1.18. The Kier molecular flexibility index (Phi) is 11.1. The van der Waals surface area contributed by atoms with E-state index in [-0.39, 0.29) is 29.9 Å². The van der Waals surface area contributed by atoms with E-state index in [1.54, 1.807) is 35.4 Å². The molecule has 1 unspecified atom stereocenters. The number of H-pyrrole nitrogens is 2. The van der Waals surface area contributed by atoms with E-state index in [9.17, 15) is 19.5 Å². The van der Waals surface area contributed by atoms with E-state index in [0.29, 0.717) is 35.9 Å². The summed E-state index contributed by atoms with van der Waals surface area (Å²) in [6, 6.07) is 31.3. The van der Waals surface area contributed by atoms with Crippen LogP contribution in [0.3, 0.4) is 0 Å². The molecule has 6 aromatic rings. The number of benzene rings is 4. The average Bonchev–Trinajstić information content (AvgIpc) is 4.08. The lowest BCUT2D eigenvalue weighted by molar-refractivity contribution is -0.137. The van der Waals surface area contributed by atoms with E-state index < -0.39 is 12.1 Å². The van der Waals surface area contributed by atoms with Crippen LogP contribution in [-0.4, -0.2) is 84.8 Å². The minimum absolute atomic E-state index is 0.0861. The van der Waals surface area contributed by atoms with Crippen LogP contribution < -0.4 is 5.32 Å². The maximum absolute atomic E-state index is 13.9. The molecule has 0 saturated carbocycles. The summed E-state index contributed by atoms with van der Waals surface area (Å²) < 4.78 is 0. The van der Waals surface area contributed by atoms with Gasteiger partial charge in [0.15, 0.2) is 0 Å². The van der Waals surface area contributed by atoms with Crippen molar-refractivity contribution in [3.05, 3.63) is 143 Å². The molecule has 2 saturated heterocycles. The van der Waals surface area contributed by atoms with Gasteiger partial charge in [0, 0.05) is 23.7 Å². The fourth-order valence-corrected chi connectivity index (χ4v) is 8.59. The third-order valence-corrected chi connectivity index (χ3v) is 11.6. The van der Waals surface area contributed by atoms with E-state index in [1.807, 2.05) is 72.6 Å². The number of likely N-dealkylation sites (N-methyl/N-ethyl adjacent to an activating group) is 1. The third kappa shape index (κ3) is 7.85. The number of halogens is 1. The van der Waals surface area contributed by atoms with Crippen molar-refractivity contribution in [3.63, 3.8) is 0 Å². The smallest absolute Gasteiger partial charge is 0.405 e. The van der Waals surface area contributed by atoms with Crippen molar-refractivity contribution in [2.45, 2.75) is 49.9 Å². The molecular weight excluding hydrogens is 752 g/mol. The first kappa shape index (κ1) is 38.6. The molecule has 2 aromatic heterocycles. The summed E-state index contributed by atoms with van der Waals surface area (Å²) in [5.74, 6) is 1.16. The normalized spacial score (nSPS) is 17.7. The van der Waals surface area contributed by atoms with Crippen LogP contribution in [0.15, 0.2) is 116 Å². The number of nitrogens with one attached hydrogen (secondary N) is 3. The molecular formula is C45H45ClN8O4. The van der Waals surface area contributed by atoms with E-state index >= 15 is 0 Å². The van der Waals surface area contributed by atoms with Crippen molar-refractivity contribution in [1.82, 2.24) is 40.0 Å². The Labute approximate surface area is 341 Å². The van der Waals surface area contributed by atoms with Gasteiger partial charge in [0.1, 0.15) is 23.7 Å². The first-order valence-corrected chi connectivity index (χ1v) is 19.9. The number of hydrogen-bond donors (Lipinski definition) is 4. The zero-order valence-electron chi connectivity index (χ0n) is 32.3. The second kappa shape index (κ2) is 16.7. The fraction of sp³-hybridized carbons (Fsp3) is 0.267. The molecule has 58 heavy (non-hydrogen) atoms. The number of amides is 3. The Morgan fingerprint density at radius 2 is 1.19 bits per heavy atom. The highest BCUT2D eigenvalue weighted by Crippen LogP contribution is 2.37. The number of hydrogen-bond acceptors (Lipinski definition) is 6. The van der Waals surface area contributed by atoms with Gasteiger partial charge in [-0.1, -0.05) is 109 Å². The Balaban J connectivity index is 0.933. The number of carbonyl (C=O) groups excluding carboxylic acids is 2.